The molecular formula is C10H15NO2S. The lowest BCUT2D eigenvalue weighted by molar-refractivity contribution is -0.137. The number of hydrogen-bond acceptors (Lipinski definition) is 3. The molecule has 4 heteroatoms. The third-order valence-corrected chi connectivity index (χ3v) is 1.85. The van der Waals surface area contributed by atoms with Gasteiger partial charge in [-0.1, -0.05) is 35.9 Å². The van der Waals surface area contributed by atoms with Crippen LogP contribution in [-0.4, -0.2) is 22.9 Å². The maximum Gasteiger partial charge on any atom is 0.321 e. The number of thiol groups is 1. The molecule has 0 heterocycles. The van der Waals surface area contributed by atoms with Crippen LogP contribution in [0.1, 0.15) is 5.56 Å². The Kier molecular flexibility index (Phi) is 6.88. The highest BCUT2D eigenvalue weighted by Crippen LogP contribution is 1.92. The molecule has 1 aromatic carbocycles. The second-order valence-corrected chi connectivity index (χ2v) is 3.15. The summed E-state index contributed by atoms with van der Waals surface area (Å²) in [5, 5.41) is 8.01. The second-order valence-electron chi connectivity index (χ2n) is 2.78. The summed E-state index contributed by atoms with van der Waals surface area (Å²) in [6, 6.07) is 9.45. The lowest BCUT2D eigenvalue weighted by Crippen LogP contribution is -2.31. The van der Waals surface area contributed by atoms with Gasteiger partial charge in [0.25, 0.3) is 0 Å². The Hall–Kier alpha value is -1.00. The van der Waals surface area contributed by atoms with Gasteiger partial charge < -0.3 is 10.8 Å². The summed E-state index contributed by atoms with van der Waals surface area (Å²) in [7, 11) is 0. The molecule has 0 amide bonds. The minimum atomic E-state index is -1.00. The summed E-state index contributed by atoms with van der Waals surface area (Å²) >= 11 is 3.65. The Labute approximate surface area is 89.3 Å². The molecule has 0 aliphatic heterocycles. The van der Waals surface area contributed by atoms with Crippen molar-refractivity contribution in [2.24, 2.45) is 5.73 Å². The summed E-state index contributed by atoms with van der Waals surface area (Å²) in [6.07, 6.45) is 0. The summed E-state index contributed by atoms with van der Waals surface area (Å²) in [6.45, 7) is 2.08. The van der Waals surface area contributed by atoms with Crippen LogP contribution in [0, 0.1) is 6.92 Å². The molecule has 0 fully saturated rings. The van der Waals surface area contributed by atoms with Crippen molar-refractivity contribution in [3.05, 3.63) is 35.9 Å². The van der Waals surface area contributed by atoms with Crippen molar-refractivity contribution < 1.29 is 9.90 Å². The Balaban J connectivity index is 0.000000241. The topological polar surface area (TPSA) is 63.3 Å². The van der Waals surface area contributed by atoms with Crippen LogP contribution in [0.2, 0.25) is 0 Å². The van der Waals surface area contributed by atoms with Gasteiger partial charge in [0.15, 0.2) is 0 Å². The van der Waals surface area contributed by atoms with Crippen molar-refractivity contribution >= 4 is 18.6 Å². The van der Waals surface area contributed by atoms with E-state index < -0.39 is 12.0 Å². The van der Waals surface area contributed by atoms with Gasteiger partial charge in [0.1, 0.15) is 6.04 Å². The molecule has 1 rings (SSSR count). The van der Waals surface area contributed by atoms with Crippen molar-refractivity contribution in [2.75, 3.05) is 5.75 Å². The molecule has 0 aromatic heterocycles. The van der Waals surface area contributed by atoms with E-state index in [4.69, 9.17) is 10.8 Å². The maximum atomic E-state index is 9.76. The van der Waals surface area contributed by atoms with Crippen LogP contribution < -0.4 is 5.73 Å². The number of rotatable bonds is 2. The molecule has 3 nitrogen and oxygen atoms in total. The lowest BCUT2D eigenvalue weighted by Gasteiger charge is -1.96. The van der Waals surface area contributed by atoms with Gasteiger partial charge >= 0.3 is 5.97 Å². The third-order valence-electron chi connectivity index (χ3n) is 1.45. The van der Waals surface area contributed by atoms with Gasteiger partial charge in [-0.3, -0.25) is 4.79 Å². The first kappa shape index (κ1) is 13.0. The molecule has 0 aliphatic carbocycles. The second kappa shape index (κ2) is 7.41. The van der Waals surface area contributed by atoms with E-state index in [0.717, 1.165) is 0 Å². The zero-order valence-corrected chi connectivity index (χ0v) is 8.95. The van der Waals surface area contributed by atoms with E-state index in [-0.39, 0.29) is 5.75 Å². The Morgan fingerprint density at radius 1 is 1.50 bits per heavy atom. The van der Waals surface area contributed by atoms with Crippen LogP contribution in [0.4, 0.5) is 0 Å². The van der Waals surface area contributed by atoms with Gasteiger partial charge in [-0.25, -0.2) is 0 Å². The first-order valence-corrected chi connectivity index (χ1v) is 4.82. The van der Waals surface area contributed by atoms with E-state index in [1.54, 1.807) is 0 Å². The van der Waals surface area contributed by atoms with Crippen LogP contribution in [0.15, 0.2) is 30.3 Å². The van der Waals surface area contributed by atoms with E-state index in [1.165, 1.54) is 5.56 Å². The molecule has 14 heavy (non-hydrogen) atoms. The number of benzene rings is 1. The molecule has 0 spiro atoms. The summed E-state index contributed by atoms with van der Waals surface area (Å²) < 4.78 is 0. The fourth-order valence-corrected chi connectivity index (χ4v) is 0.769. The minimum Gasteiger partial charge on any atom is -0.480 e. The SMILES string of the molecule is Cc1ccccc1.NC(CS)C(=O)O. The monoisotopic (exact) mass is 213 g/mol. The summed E-state index contributed by atoms with van der Waals surface area (Å²) in [5.74, 6) is -0.815. The summed E-state index contributed by atoms with van der Waals surface area (Å²) in [4.78, 5) is 9.76. The number of carboxylic acids is 1. The Morgan fingerprint density at radius 3 is 2.14 bits per heavy atom. The van der Waals surface area contributed by atoms with E-state index in [1.807, 2.05) is 18.2 Å². The highest BCUT2D eigenvalue weighted by molar-refractivity contribution is 7.80. The highest BCUT2D eigenvalue weighted by atomic mass is 32.1. The van der Waals surface area contributed by atoms with Gasteiger partial charge in [-0.2, -0.15) is 12.6 Å². The first-order valence-electron chi connectivity index (χ1n) is 4.18. The maximum absolute atomic E-state index is 9.76. The molecule has 78 valence electrons. The third kappa shape index (κ3) is 6.51. The Bertz CT molecular complexity index is 264. The predicted octanol–water partition coefficient (Wildman–Crippen LogP) is 1.32. The van der Waals surface area contributed by atoms with Gasteiger partial charge in [-0.05, 0) is 6.92 Å². The number of aliphatic carboxylic acids is 1. The van der Waals surface area contributed by atoms with Crippen LogP contribution in [0.25, 0.3) is 0 Å². The first-order chi connectivity index (χ1) is 6.57. The molecule has 0 aliphatic rings. The van der Waals surface area contributed by atoms with E-state index in [0.29, 0.717) is 0 Å². The molecule has 0 radical (unpaired) electrons. The van der Waals surface area contributed by atoms with Gasteiger partial charge in [0.2, 0.25) is 0 Å². The smallest absolute Gasteiger partial charge is 0.321 e. The van der Waals surface area contributed by atoms with Gasteiger partial charge in [0, 0.05) is 5.75 Å². The number of carboxylic acid groups (broad SMARTS) is 1. The van der Waals surface area contributed by atoms with Crippen molar-refractivity contribution in [3.8, 4) is 0 Å². The number of hydrogen-bond donors (Lipinski definition) is 3. The van der Waals surface area contributed by atoms with Crippen LogP contribution >= 0.6 is 12.6 Å². The fourth-order valence-electron chi connectivity index (χ4n) is 0.612. The average Bonchev–Trinajstić information content (AvgIpc) is 2.18. The largest absolute Gasteiger partial charge is 0.480 e. The van der Waals surface area contributed by atoms with Crippen molar-refractivity contribution in [2.45, 2.75) is 13.0 Å². The molecule has 3 N–H and O–H groups in total. The molecule has 0 saturated carbocycles. The van der Waals surface area contributed by atoms with E-state index in [2.05, 4.69) is 31.7 Å². The van der Waals surface area contributed by atoms with Crippen LogP contribution in [-0.2, 0) is 4.79 Å². The Morgan fingerprint density at radius 2 is 2.00 bits per heavy atom. The zero-order valence-electron chi connectivity index (χ0n) is 8.05. The highest BCUT2D eigenvalue weighted by Gasteiger charge is 2.06. The fraction of sp³-hybridized carbons (Fsp3) is 0.300. The molecule has 0 saturated heterocycles. The van der Waals surface area contributed by atoms with Crippen molar-refractivity contribution in [1.29, 1.82) is 0 Å². The molecule has 1 unspecified atom stereocenters. The molecule has 1 aromatic rings. The molecule has 1 atom stereocenters. The van der Waals surface area contributed by atoms with Crippen LogP contribution in [0.5, 0.6) is 0 Å². The quantitative estimate of drug-likeness (QED) is 0.649. The predicted molar refractivity (Wildman–Crippen MR) is 60.6 cm³/mol. The number of carbonyl (C=O) groups is 1. The normalized spacial score (nSPS) is 11.1. The van der Waals surface area contributed by atoms with Crippen molar-refractivity contribution in [1.82, 2.24) is 0 Å². The standard InChI is InChI=1S/C7H8.C3H7NO2S/c1-7-5-3-2-4-6-7;4-2(1-7)3(5)6/h2-6H,1H3;2,7H,1,4H2,(H,5,6). The zero-order chi connectivity index (χ0) is 11.0. The lowest BCUT2D eigenvalue weighted by atomic mass is 10.2. The van der Waals surface area contributed by atoms with Gasteiger partial charge in [-0.15, -0.1) is 0 Å². The van der Waals surface area contributed by atoms with E-state index >= 15 is 0 Å². The van der Waals surface area contributed by atoms with E-state index in [9.17, 15) is 4.79 Å². The molecule has 0 bridgehead atoms. The number of nitrogens with two attached hydrogens (primary N) is 1. The minimum absolute atomic E-state index is 0.190. The van der Waals surface area contributed by atoms with Gasteiger partial charge in [0.05, 0.1) is 0 Å². The molecular weight excluding hydrogens is 198 g/mol. The summed E-state index contributed by atoms with van der Waals surface area (Å²) in [5.41, 5.74) is 6.26. The average molecular weight is 213 g/mol. The van der Waals surface area contributed by atoms with Crippen LogP contribution in [0.3, 0.4) is 0 Å². The van der Waals surface area contributed by atoms with Crippen molar-refractivity contribution in [3.63, 3.8) is 0 Å². The number of aryl methyl sites for hydroxylation is 1.